The van der Waals surface area contributed by atoms with E-state index in [0.717, 1.165) is 28.6 Å². The van der Waals surface area contributed by atoms with Crippen molar-refractivity contribution in [1.29, 1.82) is 0 Å². The van der Waals surface area contributed by atoms with Crippen LogP contribution in [0.15, 0.2) is 10.5 Å². The number of benzene rings is 1. The summed E-state index contributed by atoms with van der Waals surface area (Å²) >= 11 is 3.54. The summed E-state index contributed by atoms with van der Waals surface area (Å²) in [5.41, 5.74) is 3.45. The molecule has 1 aromatic carbocycles. The van der Waals surface area contributed by atoms with Gasteiger partial charge in [0.25, 0.3) is 0 Å². The van der Waals surface area contributed by atoms with E-state index >= 15 is 0 Å². The van der Waals surface area contributed by atoms with Crippen LogP contribution in [0.1, 0.15) is 36.0 Å². The molecule has 4 heteroatoms. The van der Waals surface area contributed by atoms with Gasteiger partial charge in [-0.25, -0.2) is 0 Å². The van der Waals surface area contributed by atoms with Gasteiger partial charge in [-0.2, -0.15) is 0 Å². The van der Waals surface area contributed by atoms with E-state index in [2.05, 4.69) is 28.9 Å². The minimum atomic E-state index is -0.732. The summed E-state index contributed by atoms with van der Waals surface area (Å²) in [6.07, 6.45) is 2.64. The van der Waals surface area contributed by atoms with E-state index in [1.807, 2.05) is 6.92 Å². The Balaban J connectivity index is 2.83. The Morgan fingerprint density at radius 1 is 1.39 bits per heavy atom. The summed E-state index contributed by atoms with van der Waals surface area (Å²) in [6, 6.07) is 2.05. The SMILES string of the molecule is COc1c(C)cc(Br)c(C)c1CCCCC(=O)O. The van der Waals surface area contributed by atoms with Crippen LogP contribution in [-0.2, 0) is 11.2 Å². The molecule has 0 fully saturated rings. The molecule has 1 rings (SSSR count). The third kappa shape index (κ3) is 3.73. The fourth-order valence-electron chi connectivity index (χ4n) is 2.08. The molecule has 18 heavy (non-hydrogen) atoms. The van der Waals surface area contributed by atoms with Crippen molar-refractivity contribution >= 4 is 21.9 Å². The van der Waals surface area contributed by atoms with Gasteiger partial charge in [0.1, 0.15) is 5.75 Å². The van der Waals surface area contributed by atoms with Crippen molar-refractivity contribution in [1.82, 2.24) is 0 Å². The molecule has 0 heterocycles. The van der Waals surface area contributed by atoms with Crippen molar-refractivity contribution in [2.24, 2.45) is 0 Å². The maximum atomic E-state index is 10.5. The molecule has 0 aliphatic heterocycles. The van der Waals surface area contributed by atoms with Gasteiger partial charge in [-0.05, 0) is 55.9 Å². The van der Waals surface area contributed by atoms with Gasteiger partial charge >= 0.3 is 5.97 Å². The number of hydrogen-bond donors (Lipinski definition) is 1. The summed E-state index contributed by atoms with van der Waals surface area (Å²) in [5.74, 6) is 0.190. The Kier molecular flexibility index (Phi) is 5.66. The van der Waals surface area contributed by atoms with Gasteiger partial charge in [0.15, 0.2) is 0 Å². The van der Waals surface area contributed by atoms with Gasteiger partial charge in [0.05, 0.1) is 7.11 Å². The highest BCUT2D eigenvalue weighted by atomic mass is 79.9. The van der Waals surface area contributed by atoms with E-state index in [1.54, 1.807) is 7.11 Å². The van der Waals surface area contributed by atoms with Gasteiger partial charge in [-0.1, -0.05) is 15.9 Å². The molecule has 0 unspecified atom stereocenters. The number of halogens is 1. The highest BCUT2D eigenvalue weighted by molar-refractivity contribution is 9.10. The highest BCUT2D eigenvalue weighted by Gasteiger charge is 2.12. The molecule has 0 amide bonds. The number of ether oxygens (including phenoxy) is 1. The molecule has 0 saturated heterocycles. The first kappa shape index (κ1) is 15.0. The molecule has 100 valence electrons. The Hall–Kier alpha value is -1.03. The van der Waals surface area contributed by atoms with E-state index in [1.165, 1.54) is 11.1 Å². The number of aryl methyl sites for hydroxylation is 1. The molecule has 3 nitrogen and oxygen atoms in total. The fourth-order valence-corrected chi connectivity index (χ4v) is 2.66. The molecule has 0 aliphatic rings. The number of aliphatic carboxylic acids is 1. The lowest BCUT2D eigenvalue weighted by Crippen LogP contribution is -2.00. The highest BCUT2D eigenvalue weighted by Crippen LogP contribution is 2.33. The number of unbranched alkanes of at least 4 members (excludes halogenated alkanes) is 1. The molecule has 0 bridgehead atoms. The normalized spacial score (nSPS) is 10.4. The number of carbonyl (C=O) groups is 1. The minimum Gasteiger partial charge on any atom is -0.496 e. The van der Waals surface area contributed by atoms with Gasteiger partial charge < -0.3 is 9.84 Å². The van der Waals surface area contributed by atoms with Crippen LogP contribution in [0.3, 0.4) is 0 Å². The third-order valence-electron chi connectivity index (χ3n) is 3.06. The first-order valence-electron chi connectivity index (χ1n) is 6.01. The summed E-state index contributed by atoms with van der Waals surface area (Å²) in [6.45, 7) is 4.07. The van der Waals surface area contributed by atoms with Crippen molar-refractivity contribution in [3.63, 3.8) is 0 Å². The maximum Gasteiger partial charge on any atom is 0.303 e. The van der Waals surface area contributed by atoms with Crippen LogP contribution in [0.2, 0.25) is 0 Å². The number of methoxy groups -OCH3 is 1. The molecule has 1 N–H and O–H groups in total. The lowest BCUT2D eigenvalue weighted by molar-refractivity contribution is -0.137. The third-order valence-corrected chi connectivity index (χ3v) is 3.88. The zero-order chi connectivity index (χ0) is 13.7. The van der Waals surface area contributed by atoms with Gasteiger partial charge in [0, 0.05) is 10.9 Å². The van der Waals surface area contributed by atoms with Gasteiger partial charge in [0.2, 0.25) is 0 Å². The molecular weight excluding hydrogens is 296 g/mol. The van der Waals surface area contributed by atoms with Crippen molar-refractivity contribution in [3.05, 3.63) is 27.2 Å². The molecule has 0 atom stereocenters. The Labute approximate surface area is 116 Å². The predicted octanol–water partition coefficient (Wildman–Crippen LogP) is 3.87. The van der Waals surface area contributed by atoms with E-state index in [0.29, 0.717) is 6.42 Å². The first-order valence-corrected chi connectivity index (χ1v) is 6.81. The predicted molar refractivity (Wildman–Crippen MR) is 75.4 cm³/mol. The number of carboxylic acids is 1. The monoisotopic (exact) mass is 314 g/mol. The average molecular weight is 315 g/mol. The van der Waals surface area contributed by atoms with Crippen molar-refractivity contribution < 1.29 is 14.6 Å². The summed E-state index contributed by atoms with van der Waals surface area (Å²) < 4.78 is 6.53. The molecule has 1 aromatic rings. The minimum absolute atomic E-state index is 0.231. The lowest BCUT2D eigenvalue weighted by atomic mass is 9.98. The van der Waals surface area contributed by atoms with Gasteiger partial charge in [-0.3, -0.25) is 4.79 Å². The second-order valence-corrected chi connectivity index (χ2v) is 5.27. The van der Waals surface area contributed by atoms with Crippen molar-refractivity contribution in [2.75, 3.05) is 7.11 Å². The second kappa shape index (κ2) is 6.78. The average Bonchev–Trinajstić information content (AvgIpc) is 2.30. The van der Waals surface area contributed by atoms with Crippen LogP contribution >= 0.6 is 15.9 Å². The van der Waals surface area contributed by atoms with Gasteiger partial charge in [-0.15, -0.1) is 0 Å². The molecule has 0 aromatic heterocycles. The first-order chi connectivity index (χ1) is 8.47. The van der Waals surface area contributed by atoms with Crippen LogP contribution in [0, 0.1) is 13.8 Å². The van der Waals surface area contributed by atoms with E-state index in [4.69, 9.17) is 9.84 Å². The maximum absolute atomic E-state index is 10.5. The van der Waals surface area contributed by atoms with Crippen LogP contribution in [0.25, 0.3) is 0 Å². The van der Waals surface area contributed by atoms with Crippen LogP contribution in [0.5, 0.6) is 5.75 Å². The largest absolute Gasteiger partial charge is 0.496 e. The Morgan fingerprint density at radius 3 is 2.61 bits per heavy atom. The van der Waals surface area contributed by atoms with E-state index in [9.17, 15) is 4.79 Å². The lowest BCUT2D eigenvalue weighted by Gasteiger charge is -2.15. The number of carboxylic acid groups (broad SMARTS) is 1. The second-order valence-electron chi connectivity index (χ2n) is 4.41. The summed E-state index contributed by atoms with van der Waals surface area (Å²) in [7, 11) is 1.68. The van der Waals surface area contributed by atoms with Crippen molar-refractivity contribution in [2.45, 2.75) is 39.5 Å². The Morgan fingerprint density at radius 2 is 2.06 bits per heavy atom. The van der Waals surface area contributed by atoms with Crippen LogP contribution in [0.4, 0.5) is 0 Å². The summed E-state index contributed by atoms with van der Waals surface area (Å²) in [5, 5.41) is 8.62. The van der Waals surface area contributed by atoms with E-state index in [-0.39, 0.29) is 6.42 Å². The molecule has 0 saturated carbocycles. The molecular formula is C14H19BrO3. The smallest absolute Gasteiger partial charge is 0.303 e. The Bertz CT molecular complexity index is 441. The standard InChI is InChI=1S/C14H19BrO3/c1-9-8-12(15)10(2)11(14(9)18-3)6-4-5-7-13(16)17/h8H,4-7H2,1-3H3,(H,16,17). The molecule has 0 spiro atoms. The number of rotatable bonds is 6. The zero-order valence-corrected chi connectivity index (χ0v) is 12.6. The fraction of sp³-hybridized carbons (Fsp3) is 0.500. The van der Waals surface area contributed by atoms with E-state index < -0.39 is 5.97 Å². The zero-order valence-electron chi connectivity index (χ0n) is 11.0. The topological polar surface area (TPSA) is 46.5 Å². The van der Waals surface area contributed by atoms with Crippen molar-refractivity contribution in [3.8, 4) is 5.75 Å². The number of hydrogen-bond acceptors (Lipinski definition) is 2. The van der Waals surface area contributed by atoms with Crippen LogP contribution in [-0.4, -0.2) is 18.2 Å². The summed E-state index contributed by atoms with van der Waals surface area (Å²) in [4.78, 5) is 10.5. The molecule has 0 radical (unpaired) electrons. The molecule has 0 aliphatic carbocycles. The van der Waals surface area contributed by atoms with Crippen LogP contribution < -0.4 is 4.74 Å². The quantitative estimate of drug-likeness (QED) is 0.811.